The average Bonchev–Trinajstić information content (AvgIpc) is 2.66. The van der Waals surface area contributed by atoms with Crippen LogP contribution in [-0.4, -0.2) is 34.8 Å². The molecule has 2 rings (SSSR count). The monoisotopic (exact) mass is 250 g/mol. The van der Waals surface area contributed by atoms with Crippen molar-refractivity contribution in [3.05, 3.63) is 29.8 Å². The summed E-state index contributed by atoms with van der Waals surface area (Å²) < 4.78 is 0. The summed E-state index contributed by atoms with van der Waals surface area (Å²) in [6, 6.07) is 7.39. The summed E-state index contributed by atoms with van der Waals surface area (Å²) in [4.78, 5) is 4.34. The first kappa shape index (κ1) is 11.9. The molecule has 0 aromatic heterocycles. The van der Waals surface area contributed by atoms with Crippen LogP contribution in [0.15, 0.2) is 29.3 Å². The van der Waals surface area contributed by atoms with Crippen molar-refractivity contribution < 1.29 is 0 Å². The van der Waals surface area contributed by atoms with E-state index < -0.39 is 6.29 Å². The van der Waals surface area contributed by atoms with Crippen molar-refractivity contribution in [2.45, 2.75) is 6.29 Å². The largest absolute Gasteiger partial charge is 0.399 e. The smallest absolute Gasteiger partial charge is 0.187 e. The first-order chi connectivity index (χ1) is 8.17. The number of anilines is 1. The number of rotatable bonds is 3. The van der Waals surface area contributed by atoms with Gasteiger partial charge in [-0.25, -0.2) is 15.4 Å². The minimum absolute atomic E-state index is 0.494. The number of benzene rings is 1. The maximum absolute atomic E-state index is 5.86. The zero-order valence-electron chi connectivity index (χ0n) is 9.37. The predicted octanol–water partition coefficient (Wildman–Crippen LogP) is -0.118. The number of hydrazine groups is 2. The van der Waals surface area contributed by atoms with Gasteiger partial charge in [0.2, 0.25) is 0 Å². The third-order valence-corrected chi connectivity index (χ3v) is 2.65. The Kier molecular flexibility index (Phi) is 3.34. The van der Waals surface area contributed by atoms with Crippen LogP contribution in [0.25, 0.3) is 0 Å². The number of nitrogens with one attached hydrogen (secondary N) is 1. The van der Waals surface area contributed by atoms with Crippen LogP contribution in [0.5, 0.6) is 0 Å². The quantitative estimate of drug-likeness (QED) is 0.512. The lowest BCUT2D eigenvalue weighted by atomic mass is 10.2. The Morgan fingerprint density at radius 3 is 2.59 bits per heavy atom. The molecule has 1 aromatic carbocycles. The number of nitrogen functional groups attached to an aromatic ring is 1. The molecule has 0 saturated heterocycles. The van der Waals surface area contributed by atoms with Gasteiger partial charge in [0.1, 0.15) is 0 Å². The molecule has 5 N–H and O–H groups in total. The van der Waals surface area contributed by atoms with Crippen molar-refractivity contribution >= 4 is 29.2 Å². The lowest BCUT2D eigenvalue weighted by molar-refractivity contribution is 0.0406. The van der Waals surface area contributed by atoms with Gasteiger partial charge in [-0.2, -0.15) is 0 Å². The molecule has 1 atom stereocenters. The summed E-state index contributed by atoms with van der Waals surface area (Å²) in [6.45, 7) is 0. The molecule has 0 radical (unpaired) electrons. The van der Waals surface area contributed by atoms with Crippen LogP contribution in [0.3, 0.4) is 0 Å². The van der Waals surface area contributed by atoms with Crippen molar-refractivity contribution in [1.82, 2.24) is 15.6 Å². The van der Waals surface area contributed by atoms with Crippen LogP contribution >= 0.6 is 12.2 Å². The molecule has 17 heavy (non-hydrogen) atoms. The molecule has 1 aliphatic heterocycles. The molecule has 1 unspecified atom stereocenters. The van der Waals surface area contributed by atoms with Gasteiger partial charge in [-0.3, -0.25) is 5.73 Å². The Bertz CT molecular complexity index is 443. The summed E-state index contributed by atoms with van der Waals surface area (Å²) >= 11 is 4.97. The van der Waals surface area contributed by atoms with E-state index in [9.17, 15) is 0 Å². The predicted molar refractivity (Wildman–Crippen MR) is 71.8 cm³/mol. The minimum Gasteiger partial charge on any atom is -0.399 e. The number of aliphatic imine (C=N–C) groups is 1. The highest BCUT2D eigenvalue weighted by atomic mass is 32.1. The molecule has 1 heterocycles. The van der Waals surface area contributed by atoms with E-state index in [1.807, 2.05) is 24.3 Å². The van der Waals surface area contributed by atoms with Crippen molar-refractivity contribution in [3.8, 4) is 0 Å². The van der Waals surface area contributed by atoms with Gasteiger partial charge in [-0.15, -0.1) is 5.12 Å². The first-order valence-corrected chi connectivity index (χ1v) is 5.55. The molecule has 0 aliphatic carbocycles. The molecule has 0 bridgehead atoms. The topological polar surface area (TPSA) is 82.9 Å². The molecule has 1 aliphatic rings. The van der Waals surface area contributed by atoms with Gasteiger partial charge in [-0.1, -0.05) is 12.2 Å². The lowest BCUT2D eigenvalue weighted by Gasteiger charge is -2.27. The van der Waals surface area contributed by atoms with Crippen molar-refractivity contribution in [2.75, 3.05) is 12.8 Å². The Morgan fingerprint density at radius 1 is 1.41 bits per heavy atom. The van der Waals surface area contributed by atoms with Crippen LogP contribution in [-0.2, 0) is 0 Å². The SMILES string of the molecule is CNN1C(N)N=C(c2ccc(N)cc2)N1C=S. The molecular formula is C10H14N6S. The number of nitrogens with two attached hydrogens (primary N) is 2. The third kappa shape index (κ3) is 2.13. The molecule has 0 spiro atoms. The Hall–Kier alpha value is -1.54. The number of hydrogen-bond acceptors (Lipinski definition) is 6. The first-order valence-electron chi connectivity index (χ1n) is 5.07. The molecule has 7 heteroatoms. The van der Waals surface area contributed by atoms with Crippen molar-refractivity contribution in [1.29, 1.82) is 0 Å². The second-order valence-corrected chi connectivity index (χ2v) is 3.72. The van der Waals surface area contributed by atoms with Crippen molar-refractivity contribution in [2.24, 2.45) is 10.7 Å². The molecule has 1 aromatic rings. The van der Waals surface area contributed by atoms with Crippen molar-refractivity contribution in [3.63, 3.8) is 0 Å². The highest BCUT2D eigenvalue weighted by molar-refractivity contribution is 7.78. The maximum Gasteiger partial charge on any atom is 0.187 e. The number of thiocarbonyl (C=S) groups is 1. The fourth-order valence-electron chi connectivity index (χ4n) is 1.65. The number of nitrogens with zero attached hydrogens (tertiary/aromatic N) is 3. The third-order valence-electron chi connectivity index (χ3n) is 2.45. The minimum atomic E-state index is -0.494. The fourth-order valence-corrected chi connectivity index (χ4v) is 1.85. The van der Waals surface area contributed by atoms with E-state index in [0.717, 1.165) is 5.56 Å². The normalized spacial score (nSPS) is 20.5. The summed E-state index contributed by atoms with van der Waals surface area (Å²) in [5.41, 5.74) is 17.5. The maximum atomic E-state index is 5.86. The highest BCUT2D eigenvalue weighted by Gasteiger charge is 2.30. The van der Waals surface area contributed by atoms with E-state index in [4.69, 9.17) is 23.7 Å². The van der Waals surface area contributed by atoms with E-state index in [1.54, 1.807) is 17.2 Å². The molecule has 90 valence electrons. The molecule has 0 amide bonds. The Morgan fingerprint density at radius 2 is 2.06 bits per heavy atom. The Balaban J connectivity index is 2.35. The van der Waals surface area contributed by atoms with Gasteiger partial charge in [0.15, 0.2) is 12.1 Å². The molecular weight excluding hydrogens is 236 g/mol. The summed E-state index contributed by atoms with van der Waals surface area (Å²) in [6.07, 6.45) is -0.494. The van der Waals surface area contributed by atoms with E-state index in [1.165, 1.54) is 5.49 Å². The highest BCUT2D eigenvalue weighted by Crippen LogP contribution is 2.16. The summed E-state index contributed by atoms with van der Waals surface area (Å²) in [5.74, 6) is 0.696. The van der Waals surface area contributed by atoms with Crippen LogP contribution < -0.4 is 16.9 Å². The zero-order valence-corrected chi connectivity index (χ0v) is 10.2. The molecule has 0 saturated carbocycles. The van der Waals surface area contributed by atoms with Gasteiger partial charge < -0.3 is 5.73 Å². The number of amidine groups is 1. The zero-order chi connectivity index (χ0) is 12.4. The van der Waals surface area contributed by atoms with Crippen LogP contribution in [0.4, 0.5) is 5.69 Å². The molecule has 0 fully saturated rings. The summed E-state index contributed by atoms with van der Waals surface area (Å²) in [7, 11) is 1.76. The van der Waals surface area contributed by atoms with E-state index >= 15 is 0 Å². The van der Waals surface area contributed by atoms with Crippen LogP contribution in [0, 0.1) is 0 Å². The standard InChI is InChI=1S/C10H14N6S/c1-13-16-10(12)14-9(15(16)6-17)7-2-4-8(11)5-3-7/h2-6,10,13H,11-12H2,1H3. The van der Waals surface area contributed by atoms with Gasteiger partial charge in [-0.05, 0) is 24.3 Å². The van der Waals surface area contributed by atoms with E-state index in [2.05, 4.69) is 10.4 Å². The molecule has 6 nitrogen and oxygen atoms in total. The van der Waals surface area contributed by atoms with Crippen LogP contribution in [0.1, 0.15) is 5.56 Å². The fraction of sp³-hybridized carbons (Fsp3) is 0.200. The van der Waals surface area contributed by atoms with Gasteiger partial charge in [0.25, 0.3) is 0 Å². The van der Waals surface area contributed by atoms with E-state index in [0.29, 0.717) is 11.5 Å². The second-order valence-electron chi connectivity index (χ2n) is 3.51. The lowest BCUT2D eigenvalue weighted by Crippen LogP contribution is -2.53. The van der Waals surface area contributed by atoms with Gasteiger partial charge in [0.05, 0.1) is 5.49 Å². The summed E-state index contributed by atoms with van der Waals surface area (Å²) in [5, 5.41) is 3.32. The van der Waals surface area contributed by atoms with E-state index in [-0.39, 0.29) is 0 Å². The average molecular weight is 250 g/mol. The van der Waals surface area contributed by atoms with Gasteiger partial charge in [0, 0.05) is 18.3 Å². The Labute approximate surface area is 105 Å². The van der Waals surface area contributed by atoms with Gasteiger partial charge >= 0.3 is 0 Å². The number of hydrogen-bond donors (Lipinski definition) is 3. The van der Waals surface area contributed by atoms with Crippen LogP contribution in [0.2, 0.25) is 0 Å². The second kappa shape index (κ2) is 4.76.